The van der Waals surface area contributed by atoms with E-state index in [0.717, 1.165) is 17.8 Å². The van der Waals surface area contributed by atoms with Crippen LogP contribution in [-0.4, -0.2) is 9.78 Å². The number of hydrogen-bond donors (Lipinski definition) is 2. The van der Waals surface area contributed by atoms with E-state index in [9.17, 15) is 0 Å². The number of benzene rings is 1. The van der Waals surface area contributed by atoms with Crippen LogP contribution in [0.3, 0.4) is 0 Å². The summed E-state index contributed by atoms with van der Waals surface area (Å²) >= 11 is 0. The maximum absolute atomic E-state index is 5.49. The van der Waals surface area contributed by atoms with Gasteiger partial charge in [0.15, 0.2) is 0 Å². The van der Waals surface area contributed by atoms with Gasteiger partial charge in [-0.3, -0.25) is 11.3 Å². The lowest BCUT2D eigenvalue weighted by Gasteiger charge is -2.10. The van der Waals surface area contributed by atoms with Gasteiger partial charge in [0.1, 0.15) is 0 Å². The van der Waals surface area contributed by atoms with Crippen LogP contribution in [0.4, 0.5) is 0 Å². The third-order valence-electron chi connectivity index (χ3n) is 2.59. The fraction of sp³-hybridized carbons (Fsp3) is 0.154. The van der Waals surface area contributed by atoms with Crippen LogP contribution in [-0.2, 0) is 0 Å². The van der Waals surface area contributed by atoms with E-state index in [1.54, 1.807) is 0 Å². The number of nitrogens with one attached hydrogen (secondary N) is 1. The maximum atomic E-state index is 5.49. The van der Waals surface area contributed by atoms with Crippen LogP contribution in [0, 0.1) is 0 Å². The summed E-state index contributed by atoms with van der Waals surface area (Å²) in [6.45, 7) is 3.71. The molecule has 17 heavy (non-hydrogen) atoms. The number of hydrazine groups is 1. The molecule has 1 aromatic carbocycles. The highest BCUT2D eigenvalue weighted by Gasteiger charge is 2.11. The van der Waals surface area contributed by atoms with Gasteiger partial charge in [0.25, 0.3) is 0 Å². The van der Waals surface area contributed by atoms with Crippen LogP contribution in [0.2, 0.25) is 0 Å². The van der Waals surface area contributed by atoms with E-state index in [1.165, 1.54) is 0 Å². The van der Waals surface area contributed by atoms with Crippen molar-refractivity contribution in [2.24, 2.45) is 5.84 Å². The molecule has 2 rings (SSSR count). The Kier molecular flexibility index (Phi) is 3.69. The summed E-state index contributed by atoms with van der Waals surface area (Å²) in [5.41, 5.74) is 4.69. The molecule has 1 atom stereocenters. The second-order valence-electron chi connectivity index (χ2n) is 3.76. The smallest absolute Gasteiger partial charge is 0.0815 e. The molecule has 0 fully saturated rings. The molecule has 88 valence electrons. The van der Waals surface area contributed by atoms with Gasteiger partial charge in [-0.05, 0) is 24.6 Å². The summed E-state index contributed by atoms with van der Waals surface area (Å²) in [6.07, 6.45) is 4.51. The first-order valence-electron chi connectivity index (χ1n) is 5.53. The molecule has 3 N–H and O–H groups in total. The molecule has 0 aliphatic rings. The van der Waals surface area contributed by atoms with E-state index < -0.39 is 0 Å². The first-order chi connectivity index (χ1) is 8.35. The van der Waals surface area contributed by atoms with Crippen LogP contribution in [0.15, 0.2) is 55.3 Å². The average Bonchev–Trinajstić information content (AvgIpc) is 2.86. The van der Waals surface area contributed by atoms with Gasteiger partial charge in [0, 0.05) is 6.20 Å². The van der Waals surface area contributed by atoms with E-state index in [4.69, 9.17) is 5.84 Å². The number of aromatic nitrogens is 2. The Morgan fingerprint density at radius 1 is 1.35 bits per heavy atom. The lowest BCUT2D eigenvalue weighted by Crippen LogP contribution is -2.28. The van der Waals surface area contributed by atoms with E-state index in [2.05, 4.69) is 17.1 Å². The van der Waals surface area contributed by atoms with E-state index in [1.807, 2.05) is 53.4 Å². The molecule has 0 saturated heterocycles. The highest BCUT2D eigenvalue weighted by atomic mass is 15.3. The largest absolute Gasteiger partial charge is 0.271 e. The zero-order valence-electron chi connectivity index (χ0n) is 9.58. The van der Waals surface area contributed by atoms with E-state index in [-0.39, 0.29) is 6.04 Å². The van der Waals surface area contributed by atoms with Crippen LogP contribution >= 0.6 is 0 Å². The van der Waals surface area contributed by atoms with Crippen molar-refractivity contribution in [2.45, 2.75) is 12.5 Å². The zero-order valence-corrected chi connectivity index (χ0v) is 9.58. The molecular formula is C13H16N4. The van der Waals surface area contributed by atoms with Crippen molar-refractivity contribution in [1.82, 2.24) is 15.2 Å². The molecule has 4 heteroatoms. The molecular weight excluding hydrogens is 212 g/mol. The summed E-state index contributed by atoms with van der Waals surface area (Å²) in [5.74, 6) is 5.49. The Labute approximate surface area is 101 Å². The number of para-hydroxylation sites is 1. The topological polar surface area (TPSA) is 55.9 Å². The predicted molar refractivity (Wildman–Crippen MR) is 68.4 cm³/mol. The van der Waals surface area contributed by atoms with E-state index >= 15 is 0 Å². The third-order valence-corrected chi connectivity index (χ3v) is 2.59. The number of rotatable bonds is 5. The molecule has 1 aromatic heterocycles. The molecule has 0 aliphatic carbocycles. The van der Waals surface area contributed by atoms with Gasteiger partial charge in [-0.25, -0.2) is 4.68 Å². The van der Waals surface area contributed by atoms with Crippen LogP contribution < -0.4 is 11.3 Å². The minimum atomic E-state index is 0.0115. The second-order valence-corrected chi connectivity index (χ2v) is 3.76. The quantitative estimate of drug-likeness (QED) is 0.467. The fourth-order valence-corrected chi connectivity index (χ4v) is 1.69. The number of nitrogens with two attached hydrogens (primary N) is 1. The fourth-order valence-electron chi connectivity index (χ4n) is 1.69. The Balaban J connectivity index is 2.23. The third kappa shape index (κ3) is 2.61. The van der Waals surface area contributed by atoms with Gasteiger partial charge in [-0.15, -0.1) is 6.58 Å². The summed E-state index contributed by atoms with van der Waals surface area (Å²) in [7, 11) is 0. The highest BCUT2D eigenvalue weighted by Crippen LogP contribution is 2.15. The predicted octanol–water partition coefficient (Wildman–Crippen LogP) is 1.95. The van der Waals surface area contributed by atoms with Crippen LogP contribution in [0.5, 0.6) is 0 Å². The zero-order chi connectivity index (χ0) is 12.1. The molecule has 0 radical (unpaired) electrons. The van der Waals surface area contributed by atoms with Crippen molar-refractivity contribution in [1.29, 1.82) is 0 Å². The maximum Gasteiger partial charge on any atom is 0.0815 e. The minimum absolute atomic E-state index is 0.0115. The first-order valence-corrected chi connectivity index (χ1v) is 5.53. The normalized spacial score (nSPS) is 12.3. The average molecular weight is 228 g/mol. The van der Waals surface area contributed by atoms with Crippen molar-refractivity contribution in [2.75, 3.05) is 0 Å². The molecule has 0 saturated carbocycles. The van der Waals surface area contributed by atoms with Gasteiger partial charge in [-0.1, -0.05) is 24.3 Å². The van der Waals surface area contributed by atoms with Crippen molar-refractivity contribution >= 4 is 0 Å². The molecule has 4 nitrogen and oxygen atoms in total. The monoisotopic (exact) mass is 228 g/mol. The highest BCUT2D eigenvalue weighted by molar-refractivity contribution is 5.30. The Bertz CT molecular complexity index is 475. The summed E-state index contributed by atoms with van der Waals surface area (Å²) < 4.78 is 1.84. The molecule has 1 heterocycles. The minimum Gasteiger partial charge on any atom is -0.271 e. The summed E-state index contributed by atoms with van der Waals surface area (Å²) in [6, 6.07) is 11.9. The Hall–Kier alpha value is -1.91. The summed E-state index contributed by atoms with van der Waals surface area (Å²) in [4.78, 5) is 0. The van der Waals surface area contributed by atoms with Crippen LogP contribution in [0.1, 0.15) is 18.2 Å². The molecule has 0 amide bonds. The molecule has 2 aromatic rings. The standard InChI is InChI=1S/C13H16N4/c1-2-6-12(15-14)13-9-10-17(16-13)11-7-4-3-5-8-11/h2-5,7-10,12,15H,1,6,14H2. The van der Waals surface area contributed by atoms with Crippen molar-refractivity contribution in [3.8, 4) is 5.69 Å². The van der Waals surface area contributed by atoms with Crippen molar-refractivity contribution < 1.29 is 0 Å². The van der Waals surface area contributed by atoms with Gasteiger partial charge in [0.2, 0.25) is 0 Å². The molecule has 0 spiro atoms. The van der Waals surface area contributed by atoms with Gasteiger partial charge < -0.3 is 0 Å². The SMILES string of the molecule is C=CCC(NN)c1ccn(-c2ccccc2)n1. The molecule has 0 bridgehead atoms. The lowest BCUT2D eigenvalue weighted by atomic mass is 10.1. The molecule has 1 unspecified atom stereocenters. The van der Waals surface area contributed by atoms with Gasteiger partial charge >= 0.3 is 0 Å². The van der Waals surface area contributed by atoms with Crippen LogP contribution in [0.25, 0.3) is 5.69 Å². The van der Waals surface area contributed by atoms with Gasteiger partial charge in [-0.2, -0.15) is 5.10 Å². The lowest BCUT2D eigenvalue weighted by molar-refractivity contribution is 0.542. The Morgan fingerprint density at radius 3 is 2.76 bits per heavy atom. The van der Waals surface area contributed by atoms with Crippen molar-refractivity contribution in [3.63, 3.8) is 0 Å². The van der Waals surface area contributed by atoms with Crippen molar-refractivity contribution in [3.05, 3.63) is 60.9 Å². The summed E-state index contributed by atoms with van der Waals surface area (Å²) in [5, 5.41) is 4.50. The van der Waals surface area contributed by atoms with Gasteiger partial charge in [0.05, 0.1) is 17.4 Å². The number of hydrogen-bond acceptors (Lipinski definition) is 3. The second kappa shape index (κ2) is 5.43. The Morgan fingerprint density at radius 2 is 2.12 bits per heavy atom. The van der Waals surface area contributed by atoms with E-state index in [0.29, 0.717) is 0 Å². The first kappa shape index (κ1) is 11.6. The number of nitrogens with zero attached hydrogens (tertiary/aromatic N) is 2. The molecule has 0 aliphatic heterocycles.